The molecular formula is C33H41N3O4S. The monoisotopic (exact) mass is 575 g/mol. The molecule has 218 valence electrons. The maximum Gasteiger partial charge on any atom is 0.330 e. The number of esters is 1. The normalized spacial score (nSPS) is 27.8. The second-order valence-corrected chi connectivity index (χ2v) is 13.5. The molecule has 1 N–H and O–H groups in total. The van der Waals surface area contributed by atoms with Crippen LogP contribution in [0.2, 0.25) is 0 Å². The van der Waals surface area contributed by atoms with Gasteiger partial charge in [-0.2, -0.15) is 11.8 Å². The third-order valence-corrected chi connectivity index (χ3v) is 10.8. The van der Waals surface area contributed by atoms with Crippen molar-refractivity contribution in [3.05, 3.63) is 71.8 Å². The van der Waals surface area contributed by atoms with Crippen molar-refractivity contribution in [3.8, 4) is 0 Å². The van der Waals surface area contributed by atoms with Crippen LogP contribution in [0.1, 0.15) is 54.4 Å². The summed E-state index contributed by atoms with van der Waals surface area (Å²) in [5.41, 5.74) is 1.98. The molecule has 0 aromatic heterocycles. The van der Waals surface area contributed by atoms with E-state index in [-0.39, 0.29) is 18.4 Å². The topological polar surface area (TPSA) is 78.9 Å². The second-order valence-electron chi connectivity index (χ2n) is 12.5. The van der Waals surface area contributed by atoms with Crippen molar-refractivity contribution in [1.29, 1.82) is 0 Å². The van der Waals surface area contributed by atoms with Gasteiger partial charge in [-0.3, -0.25) is 14.5 Å². The Kier molecular flexibility index (Phi) is 8.68. The smallest absolute Gasteiger partial charge is 0.330 e. The molecule has 7 rings (SSSR count). The minimum atomic E-state index is -0.850. The largest absolute Gasteiger partial charge is 0.454 e. The highest BCUT2D eigenvalue weighted by Gasteiger charge is 2.53. The van der Waals surface area contributed by atoms with Crippen LogP contribution in [0.15, 0.2) is 60.7 Å². The fourth-order valence-electron chi connectivity index (χ4n) is 8.08. The van der Waals surface area contributed by atoms with Gasteiger partial charge in [0.2, 0.25) is 0 Å². The summed E-state index contributed by atoms with van der Waals surface area (Å²) in [4.78, 5) is 43.5. The van der Waals surface area contributed by atoms with Gasteiger partial charge in [0.1, 0.15) is 6.04 Å². The number of nitrogens with zero attached hydrogens (tertiary/aromatic N) is 2. The summed E-state index contributed by atoms with van der Waals surface area (Å²) in [7, 11) is 0. The zero-order valence-electron chi connectivity index (χ0n) is 23.7. The highest BCUT2D eigenvalue weighted by atomic mass is 32.2. The second kappa shape index (κ2) is 12.6. The predicted molar refractivity (Wildman–Crippen MR) is 160 cm³/mol. The summed E-state index contributed by atoms with van der Waals surface area (Å²) in [5.74, 6) is 2.71. The molecule has 0 spiro atoms. The van der Waals surface area contributed by atoms with E-state index in [1.54, 1.807) is 36.0 Å². The van der Waals surface area contributed by atoms with E-state index < -0.39 is 12.0 Å². The number of nitrogens with one attached hydrogen (secondary N) is 1. The van der Waals surface area contributed by atoms with E-state index in [1.165, 1.54) is 38.5 Å². The number of amides is 2. The maximum absolute atomic E-state index is 13.1. The van der Waals surface area contributed by atoms with Crippen LogP contribution in [-0.2, 0) is 20.1 Å². The summed E-state index contributed by atoms with van der Waals surface area (Å²) in [5, 5.41) is 2.83. The first-order valence-corrected chi connectivity index (χ1v) is 16.3. The number of ether oxygens (including phenoxy) is 1. The van der Waals surface area contributed by atoms with Gasteiger partial charge in [-0.1, -0.05) is 48.5 Å². The Hall–Kier alpha value is -2.84. The molecule has 4 bridgehead atoms. The lowest BCUT2D eigenvalue weighted by Gasteiger charge is -2.61. The quantitative estimate of drug-likeness (QED) is 0.424. The Labute approximate surface area is 247 Å². The zero-order valence-corrected chi connectivity index (χ0v) is 24.5. The van der Waals surface area contributed by atoms with Gasteiger partial charge in [0.05, 0.1) is 0 Å². The number of piperazine rings is 1. The van der Waals surface area contributed by atoms with E-state index in [1.807, 2.05) is 41.3 Å². The van der Waals surface area contributed by atoms with E-state index >= 15 is 0 Å². The van der Waals surface area contributed by atoms with Crippen molar-refractivity contribution in [2.75, 3.05) is 38.5 Å². The van der Waals surface area contributed by atoms with E-state index in [2.05, 4.69) is 10.2 Å². The van der Waals surface area contributed by atoms with Crippen molar-refractivity contribution in [2.45, 2.75) is 55.9 Å². The SMILES string of the molecule is O=C(NC(CSCc1ccccc1)C(=O)OCC(=O)N1CCN(C23CC4CC(CC(C4)C2)C3)CC1)c1ccccc1. The Morgan fingerprint density at radius 3 is 2.05 bits per heavy atom. The highest BCUT2D eigenvalue weighted by Crippen LogP contribution is 2.57. The van der Waals surface area contributed by atoms with Gasteiger partial charge in [-0.05, 0) is 74.0 Å². The van der Waals surface area contributed by atoms with Crippen molar-refractivity contribution >= 4 is 29.5 Å². The summed E-state index contributed by atoms with van der Waals surface area (Å²) < 4.78 is 5.51. The first-order valence-electron chi connectivity index (χ1n) is 15.1. The van der Waals surface area contributed by atoms with Crippen LogP contribution < -0.4 is 5.32 Å². The first kappa shape index (κ1) is 28.3. The third kappa shape index (κ3) is 6.64. The number of hydrogen-bond donors (Lipinski definition) is 1. The van der Waals surface area contributed by atoms with Crippen LogP contribution in [-0.4, -0.2) is 77.7 Å². The molecule has 8 heteroatoms. The van der Waals surface area contributed by atoms with Gasteiger partial charge in [0.25, 0.3) is 11.8 Å². The fraction of sp³-hybridized carbons (Fsp3) is 0.545. The van der Waals surface area contributed by atoms with Crippen molar-refractivity contribution in [2.24, 2.45) is 17.8 Å². The third-order valence-electron chi connectivity index (χ3n) is 9.67. The minimum Gasteiger partial charge on any atom is -0.454 e. The molecular weight excluding hydrogens is 534 g/mol. The molecule has 1 heterocycles. The van der Waals surface area contributed by atoms with Gasteiger partial charge in [0.15, 0.2) is 6.61 Å². The average Bonchev–Trinajstić information content (AvgIpc) is 2.99. The van der Waals surface area contributed by atoms with Crippen molar-refractivity contribution in [1.82, 2.24) is 15.1 Å². The Morgan fingerprint density at radius 1 is 0.854 bits per heavy atom. The molecule has 4 aliphatic carbocycles. The molecule has 7 nitrogen and oxygen atoms in total. The van der Waals surface area contributed by atoms with Gasteiger partial charge in [-0.15, -0.1) is 0 Å². The van der Waals surface area contributed by atoms with Crippen LogP contribution >= 0.6 is 11.8 Å². The number of thioether (sulfide) groups is 1. The average molecular weight is 576 g/mol. The van der Waals surface area contributed by atoms with E-state index in [0.29, 0.717) is 35.7 Å². The molecule has 1 saturated heterocycles. The molecule has 2 aromatic carbocycles. The minimum absolute atomic E-state index is 0.159. The van der Waals surface area contributed by atoms with Crippen LogP contribution in [0.5, 0.6) is 0 Å². The number of hydrogen-bond acceptors (Lipinski definition) is 6. The Bertz CT molecular complexity index is 1180. The number of rotatable bonds is 10. The fourth-order valence-corrected chi connectivity index (χ4v) is 9.08. The lowest BCUT2D eigenvalue weighted by Crippen LogP contribution is -2.64. The molecule has 5 fully saturated rings. The molecule has 5 aliphatic rings. The van der Waals surface area contributed by atoms with Gasteiger partial charge in [0, 0.05) is 48.8 Å². The van der Waals surface area contributed by atoms with Crippen molar-refractivity contribution < 1.29 is 19.1 Å². The number of carbonyl (C=O) groups excluding carboxylic acids is 3. The molecule has 2 aromatic rings. The molecule has 41 heavy (non-hydrogen) atoms. The molecule has 1 aliphatic heterocycles. The van der Waals surface area contributed by atoms with Crippen LogP contribution in [0, 0.1) is 17.8 Å². The molecule has 0 radical (unpaired) electrons. The van der Waals surface area contributed by atoms with E-state index in [0.717, 1.165) is 36.4 Å². The molecule has 2 amide bonds. The van der Waals surface area contributed by atoms with Gasteiger partial charge in [-0.25, -0.2) is 4.79 Å². The summed E-state index contributed by atoms with van der Waals surface area (Å²) in [6.07, 6.45) is 8.30. The van der Waals surface area contributed by atoms with E-state index in [4.69, 9.17) is 4.74 Å². The maximum atomic E-state index is 13.1. The molecule has 1 atom stereocenters. The van der Waals surface area contributed by atoms with Crippen LogP contribution in [0.4, 0.5) is 0 Å². The molecule has 1 unspecified atom stereocenters. The molecule has 4 saturated carbocycles. The van der Waals surface area contributed by atoms with Crippen molar-refractivity contribution in [3.63, 3.8) is 0 Å². The summed E-state index contributed by atoms with van der Waals surface area (Å²) in [6, 6.07) is 18.0. The lowest BCUT2D eigenvalue weighted by atomic mass is 9.52. The Morgan fingerprint density at radius 2 is 1.44 bits per heavy atom. The van der Waals surface area contributed by atoms with Crippen LogP contribution in [0.3, 0.4) is 0 Å². The zero-order chi connectivity index (χ0) is 28.2. The van der Waals surface area contributed by atoms with Gasteiger partial charge < -0.3 is 15.0 Å². The first-order chi connectivity index (χ1) is 20.0. The number of benzene rings is 2. The highest BCUT2D eigenvalue weighted by molar-refractivity contribution is 7.98. The predicted octanol–water partition coefficient (Wildman–Crippen LogP) is 4.37. The standard InChI is InChI=1S/C33H41N3O4S/c37-30(35-11-13-36(14-12-35)33-18-25-15-26(19-33)17-27(16-25)20-33)21-40-32(39)29(23-41-22-24-7-3-1-4-8-24)34-31(38)28-9-5-2-6-10-28/h1-10,25-27,29H,11-23H2,(H,34,38). The summed E-state index contributed by atoms with van der Waals surface area (Å²) >= 11 is 1.55. The Balaban J connectivity index is 1.00. The van der Waals surface area contributed by atoms with Crippen LogP contribution in [0.25, 0.3) is 0 Å². The summed E-state index contributed by atoms with van der Waals surface area (Å²) in [6.45, 7) is 2.87. The number of carbonyl (C=O) groups is 3. The van der Waals surface area contributed by atoms with E-state index in [9.17, 15) is 14.4 Å². The lowest BCUT2D eigenvalue weighted by molar-refractivity contribution is -0.155. The van der Waals surface area contributed by atoms with Gasteiger partial charge >= 0.3 is 5.97 Å².